The maximum Gasteiger partial charge on any atom is 0.0345 e. The first-order chi connectivity index (χ1) is 10.1. The summed E-state index contributed by atoms with van der Waals surface area (Å²) < 4.78 is 1.43. The predicted molar refractivity (Wildman–Crippen MR) is 94.1 cm³/mol. The molecule has 1 nitrogen and oxygen atoms in total. The number of hydrogen-bond donors (Lipinski definition) is 1. The highest BCUT2D eigenvalue weighted by atomic mass is 32.1. The lowest BCUT2D eigenvalue weighted by Gasteiger charge is -2.30. The standard InChI is InChI=1S/C19H27NS/c1-14(2)11-20-13-19(3,16-8-9-16)10-15-12-21-18-7-5-4-6-17(15)18/h4-7,12,14,16,20H,8-11,13H2,1-3H3. The minimum Gasteiger partial charge on any atom is -0.316 e. The Morgan fingerprint density at radius 1 is 1.29 bits per heavy atom. The third-order valence-corrected chi connectivity index (χ3v) is 5.81. The monoisotopic (exact) mass is 301 g/mol. The van der Waals surface area contributed by atoms with Crippen LogP contribution in [0.1, 0.15) is 39.2 Å². The molecule has 114 valence electrons. The molecule has 0 bridgehead atoms. The van der Waals surface area contributed by atoms with E-state index >= 15 is 0 Å². The van der Waals surface area contributed by atoms with Crippen LogP contribution in [0.5, 0.6) is 0 Å². The molecule has 1 aromatic heterocycles. The lowest BCUT2D eigenvalue weighted by molar-refractivity contribution is 0.253. The Balaban J connectivity index is 1.75. The van der Waals surface area contributed by atoms with Gasteiger partial charge in [0.05, 0.1) is 0 Å². The molecule has 1 aliphatic carbocycles. The summed E-state index contributed by atoms with van der Waals surface area (Å²) in [4.78, 5) is 0. The van der Waals surface area contributed by atoms with Crippen molar-refractivity contribution in [2.75, 3.05) is 13.1 Å². The second-order valence-corrected chi connectivity index (χ2v) is 8.30. The molecule has 0 amide bonds. The molecular weight excluding hydrogens is 274 g/mol. The van der Waals surface area contributed by atoms with Crippen molar-refractivity contribution in [3.63, 3.8) is 0 Å². The third-order valence-electron chi connectivity index (χ3n) is 4.80. The summed E-state index contributed by atoms with van der Waals surface area (Å²) in [7, 11) is 0. The van der Waals surface area contributed by atoms with E-state index in [2.05, 4.69) is 55.7 Å². The summed E-state index contributed by atoms with van der Waals surface area (Å²) in [5, 5.41) is 7.56. The molecule has 21 heavy (non-hydrogen) atoms. The van der Waals surface area contributed by atoms with Crippen LogP contribution in [0.15, 0.2) is 29.6 Å². The molecule has 1 atom stereocenters. The van der Waals surface area contributed by atoms with Crippen LogP contribution >= 0.6 is 11.3 Å². The number of fused-ring (bicyclic) bond motifs is 1. The van der Waals surface area contributed by atoms with Crippen LogP contribution in [0.2, 0.25) is 0 Å². The van der Waals surface area contributed by atoms with Crippen molar-refractivity contribution in [2.45, 2.75) is 40.0 Å². The molecule has 0 radical (unpaired) electrons. The lowest BCUT2D eigenvalue weighted by Crippen LogP contribution is -2.37. The Bertz CT molecular complexity index is 596. The Labute approximate surface area is 132 Å². The number of benzene rings is 1. The van der Waals surface area contributed by atoms with Crippen LogP contribution in [0.3, 0.4) is 0 Å². The van der Waals surface area contributed by atoms with Gasteiger partial charge >= 0.3 is 0 Å². The van der Waals surface area contributed by atoms with Crippen molar-refractivity contribution in [3.8, 4) is 0 Å². The summed E-state index contributed by atoms with van der Waals surface area (Å²) in [5.41, 5.74) is 1.97. The normalized spacial score (nSPS) is 18.3. The van der Waals surface area contributed by atoms with Gasteiger partial charge in [-0.15, -0.1) is 11.3 Å². The van der Waals surface area contributed by atoms with Crippen molar-refractivity contribution in [1.29, 1.82) is 0 Å². The van der Waals surface area contributed by atoms with E-state index in [0.29, 0.717) is 5.41 Å². The van der Waals surface area contributed by atoms with E-state index < -0.39 is 0 Å². The van der Waals surface area contributed by atoms with Gasteiger partial charge in [-0.2, -0.15) is 0 Å². The highest BCUT2D eigenvalue weighted by molar-refractivity contribution is 7.17. The van der Waals surface area contributed by atoms with Crippen LogP contribution in [0, 0.1) is 17.3 Å². The predicted octanol–water partition coefficient (Wildman–Crippen LogP) is 5.11. The van der Waals surface area contributed by atoms with Gasteiger partial charge in [-0.25, -0.2) is 0 Å². The van der Waals surface area contributed by atoms with Gasteiger partial charge in [-0.05, 0) is 65.5 Å². The highest BCUT2D eigenvalue weighted by Gasteiger charge is 2.41. The van der Waals surface area contributed by atoms with Crippen molar-refractivity contribution in [3.05, 3.63) is 35.2 Å². The van der Waals surface area contributed by atoms with Crippen LogP contribution in [-0.4, -0.2) is 13.1 Å². The molecule has 1 N–H and O–H groups in total. The fourth-order valence-corrected chi connectivity index (χ4v) is 4.35. The first-order valence-electron chi connectivity index (χ1n) is 8.24. The fourth-order valence-electron chi connectivity index (χ4n) is 3.38. The Kier molecular flexibility index (Phi) is 4.37. The molecule has 0 spiro atoms. The fraction of sp³-hybridized carbons (Fsp3) is 0.579. The molecule has 1 saturated carbocycles. The van der Waals surface area contributed by atoms with Crippen LogP contribution in [0.4, 0.5) is 0 Å². The zero-order chi connectivity index (χ0) is 14.9. The van der Waals surface area contributed by atoms with Crippen molar-refractivity contribution in [1.82, 2.24) is 5.32 Å². The summed E-state index contributed by atoms with van der Waals surface area (Å²) in [5.74, 6) is 1.64. The van der Waals surface area contributed by atoms with Gasteiger partial charge in [-0.3, -0.25) is 0 Å². The Morgan fingerprint density at radius 2 is 2.05 bits per heavy atom. The number of nitrogens with one attached hydrogen (secondary N) is 1. The van der Waals surface area contributed by atoms with E-state index in [1.54, 1.807) is 5.56 Å². The zero-order valence-electron chi connectivity index (χ0n) is 13.5. The van der Waals surface area contributed by atoms with Crippen molar-refractivity contribution < 1.29 is 0 Å². The minimum absolute atomic E-state index is 0.415. The van der Waals surface area contributed by atoms with Crippen molar-refractivity contribution >= 4 is 21.4 Å². The average molecular weight is 301 g/mol. The SMILES string of the molecule is CC(C)CNCC(C)(Cc1csc2ccccc12)C1CC1. The molecule has 0 saturated heterocycles. The van der Waals surface area contributed by atoms with Crippen LogP contribution in [0.25, 0.3) is 10.1 Å². The molecule has 3 rings (SSSR count). The molecule has 0 aliphatic heterocycles. The van der Waals surface area contributed by atoms with Gasteiger partial charge in [0, 0.05) is 11.2 Å². The molecule has 1 heterocycles. The molecule has 1 unspecified atom stereocenters. The number of rotatable bonds is 7. The van der Waals surface area contributed by atoms with E-state index in [0.717, 1.165) is 24.9 Å². The number of thiophene rings is 1. The molecular formula is C19H27NS. The topological polar surface area (TPSA) is 12.0 Å². The van der Waals surface area contributed by atoms with E-state index in [1.165, 1.54) is 29.3 Å². The summed E-state index contributed by atoms with van der Waals surface area (Å²) in [6.45, 7) is 9.35. The largest absolute Gasteiger partial charge is 0.316 e. The van der Waals surface area contributed by atoms with Gasteiger partial charge in [0.15, 0.2) is 0 Å². The average Bonchev–Trinajstić information content (AvgIpc) is 3.23. The Morgan fingerprint density at radius 3 is 2.76 bits per heavy atom. The van der Waals surface area contributed by atoms with Crippen molar-refractivity contribution in [2.24, 2.45) is 17.3 Å². The summed E-state index contributed by atoms with van der Waals surface area (Å²) in [6, 6.07) is 8.85. The molecule has 1 fully saturated rings. The van der Waals surface area contributed by atoms with Gasteiger partial charge in [0.25, 0.3) is 0 Å². The van der Waals surface area contributed by atoms with Crippen LogP contribution < -0.4 is 5.32 Å². The summed E-state index contributed by atoms with van der Waals surface area (Å²) >= 11 is 1.90. The number of hydrogen-bond acceptors (Lipinski definition) is 2. The van der Waals surface area contributed by atoms with E-state index in [4.69, 9.17) is 0 Å². The zero-order valence-corrected chi connectivity index (χ0v) is 14.3. The molecule has 2 aromatic rings. The van der Waals surface area contributed by atoms with Gasteiger partial charge in [0.2, 0.25) is 0 Å². The Hall–Kier alpha value is -0.860. The smallest absolute Gasteiger partial charge is 0.0345 e. The minimum atomic E-state index is 0.415. The van der Waals surface area contributed by atoms with Gasteiger partial charge < -0.3 is 5.32 Å². The first kappa shape index (κ1) is 15.1. The van der Waals surface area contributed by atoms with E-state index in [9.17, 15) is 0 Å². The third kappa shape index (κ3) is 3.49. The second kappa shape index (κ2) is 6.10. The molecule has 2 heteroatoms. The van der Waals surface area contributed by atoms with Gasteiger partial charge in [0.1, 0.15) is 0 Å². The highest BCUT2D eigenvalue weighted by Crippen LogP contribution is 2.48. The first-order valence-corrected chi connectivity index (χ1v) is 9.12. The summed E-state index contributed by atoms with van der Waals surface area (Å²) in [6.07, 6.45) is 4.05. The molecule has 1 aliphatic rings. The van der Waals surface area contributed by atoms with Crippen LogP contribution in [-0.2, 0) is 6.42 Å². The van der Waals surface area contributed by atoms with E-state index in [1.807, 2.05) is 11.3 Å². The van der Waals surface area contributed by atoms with E-state index in [-0.39, 0.29) is 0 Å². The second-order valence-electron chi connectivity index (χ2n) is 7.39. The lowest BCUT2D eigenvalue weighted by atomic mass is 9.78. The van der Waals surface area contributed by atoms with Gasteiger partial charge in [-0.1, -0.05) is 39.0 Å². The maximum atomic E-state index is 3.71. The quantitative estimate of drug-likeness (QED) is 0.749. The molecule has 1 aromatic carbocycles. The maximum absolute atomic E-state index is 3.71.